The van der Waals surface area contributed by atoms with Crippen LogP contribution in [0.4, 0.5) is 0 Å². The van der Waals surface area contributed by atoms with E-state index in [0.717, 1.165) is 5.69 Å². The third-order valence-electron chi connectivity index (χ3n) is 2.54. The van der Waals surface area contributed by atoms with Crippen molar-refractivity contribution in [3.63, 3.8) is 0 Å². The van der Waals surface area contributed by atoms with Crippen molar-refractivity contribution in [3.8, 4) is 17.3 Å². The molecule has 0 bridgehead atoms. The van der Waals surface area contributed by atoms with Crippen LogP contribution in [0.1, 0.15) is 5.69 Å². The van der Waals surface area contributed by atoms with Gasteiger partial charge in [0.05, 0.1) is 0 Å². The van der Waals surface area contributed by atoms with Gasteiger partial charge in [-0.2, -0.15) is 0 Å². The molecule has 4 heteroatoms. The molecule has 4 nitrogen and oxygen atoms in total. The molecule has 0 aliphatic carbocycles. The summed E-state index contributed by atoms with van der Waals surface area (Å²) in [6.07, 6.45) is 0. The molecule has 1 aromatic carbocycles. The van der Waals surface area contributed by atoms with Crippen LogP contribution in [-0.4, -0.2) is 14.9 Å². The van der Waals surface area contributed by atoms with Gasteiger partial charge in [-0.15, -0.1) is 4.68 Å². The lowest BCUT2D eigenvalue weighted by Gasteiger charge is -2.00. The van der Waals surface area contributed by atoms with E-state index >= 15 is 0 Å². The molecule has 0 radical (unpaired) electrons. The molecule has 0 spiro atoms. The third kappa shape index (κ3) is 1.34. The number of benzene rings is 1. The smallest absolute Gasteiger partial charge is 0.299 e. The maximum absolute atomic E-state index is 9.74. The first-order valence-corrected chi connectivity index (χ1v) is 4.68. The number of rotatable bonds is 1. The highest BCUT2D eigenvalue weighted by molar-refractivity contribution is 5.40. The minimum Gasteiger partial charge on any atom is -0.499 e. The van der Waals surface area contributed by atoms with E-state index in [9.17, 15) is 10.2 Å². The predicted octanol–water partition coefficient (Wildman–Crippen LogP) is 1.02. The number of aromatic hydroxyl groups is 2. The minimum absolute atomic E-state index is 0.0821. The summed E-state index contributed by atoms with van der Waals surface area (Å²) in [6, 6.07) is 9.37. The summed E-state index contributed by atoms with van der Waals surface area (Å²) in [5, 5.41) is 19.3. The van der Waals surface area contributed by atoms with Crippen LogP contribution in [0.15, 0.2) is 30.3 Å². The molecule has 0 aliphatic rings. The molecule has 0 saturated carbocycles. The Bertz CT molecular complexity index is 464. The lowest BCUT2D eigenvalue weighted by atomic mass is 10.3. The zero-order valence-electron chi connectivity index (χ0n) is 8.68. The number of para-hydroxylation sites is 1. The molecule has 0 unspecified atom stereocenters. The minimum atomic E-state index is -0.138. The van der Waals surface area contributed by atoms with Gasteiger partial charge in [0.15, 0.2) is 7.05 Å². The van der Waals surface area contributed by atoms with Crippen molar-refractivity contribution in [3.05, 3.63) is 36.0 Å². The second kappa shape index (κ2) is 3.31. The average Bonchev–Trinajstić information content (AvgIpc) is 2.45. The maximum Gasteiger partial charge on any atom is 0.299 e. The van der Waals surface area contributed by atoms with Crippen LogP contribution >= 0.6 is 0 Å². The van der Waals surface area contributed by atoms with Crippen LogP contribution in [0.5, 0.6) is 11.6 Å². The Morgan fingerprint density at radius 2 is 1.73 bits per heavy atom. The van der Waals surface area contributed by atoms with E-state index in [2.05, 4.69) is 0 Å². The number of nitrogens with zero attached hydrogens (tertiary/aromatic N) is 2. The van der Waals surface area contributed by atoms with Gasteiger partial charge in [0.2, 0.25) is 0 Å². The highest BCUT2D eigenvalue weighted by atomic mass is 16.3. The highest BCUT2D eigenvalue weighted by Gasteiger charge is 2.24. The first-order valence-electron chi connectivity index (χ1n) is 4.68. The van der Waals surface area contributed by atoms with Gasteiger partial charge in [-0.3, -0.25) is 0 Å². The van der Waals surface area contributed by atoms with E-state index in [1.165, 1.54) is 0 Å². The first kappa shape index (κ1) is 9.58. The molecule has 78 valence electrons. The van der Waals surface area contributed by atoms with Gasteiger partial charge in [-0.05, 0) is 12.1 Å². The fraction of sp³-hybridized carbons (Fsp3) is 0.182. The first-order chi connectivity index (χ1) is 7.13. The van der Waals surface area contributed by atoms with E-state index in [-0.39, 0.29) is 11.6 Å². The van der Waals surface area contributed by atoms with Crippen LogP contribution < -0.4 is 4.68 Å². The predicted molar refractivity (Wildman–Crippen MR) is 55.0 cm³/mol. The van der Waals surface area contributed by atoms with E-state index in [0.29, 0.717) is 5.69 Å². The van der Waals surface area contributed by atoms with Crippen molar-refractivity contribution in [2.24, 2.45) is 7.05 Å². The molecule has 0 fully saturated rings. The average molecular weight is 205 g/mol. The van der Waals surface area contributed by atoms with Gasteiger partial charge >= 0.3 is 0 Å². The monoisotopic (exact) mass is 205 g/mol. The van der Waals surface area contributed by atoms with E-state index in [1.54, 1.807) is 23.3 Å². The SMILES string of the molecule is Cc1c(O)c(O)n(-c2ccccc2)[n+]1C. The fourth-order valence-corrected chi connectivity index (χ4v) is 1.57. The Labute approximate surface area is 87.6 Å². The number of hydrogen-bond donors (Lipinski definition) is 2. The quantitative estimate of drug-likeness (QED) is 0.683. The molecule has 2 N–H and O–H groups in total. The van der Waals surface area contributed by atoms with Crippen molar-refractivity contribution in [1.82, 2.24) is 4.68 Å². The third-order valence-corrected chi connectivity index (χ3v) is 2.54. The van der Waals surface area contributed by atoms with Crippen LogP contribution in [0.25, 0.3) is 5.69 Å². The molecule has 2 rings (SSSR count). The van der Waals surface area contributed by atoms with Crippen molar-refractivity contribution in [1.29, 1.82) is 0 Å². The normalized spacial score (nSPS) is 10.5. The summed E-state index contributed by atoms with van der Waals surface area (Å²) >= 11 is 0. The zero-order valence-corrected chi connectivity index (χ0v) is 8.68. The molecule has 0 aliphatic heterocycles. The summed E-state index contributed by atoms with van der Waals surface area (Å²) in [5.74, 6) is -0.220. The Hall–Kier alpha value is -1.97. The van der Waals surface area contributed by atoms with Crippen molar-refractivity contribution in [2.75, 3.05) is 0 Å². The van der Waals surface area contributed by atoms with E-state index in [1.807, 2.05) is 30.3 Å². The lowest BCUT2D eigenvalue weighted by Crippen LogP contribution is -2.39. The summed E-state index contributed by atoms with van der Waals surface area (Å²) in [5.41, 5.74) is 1.43. The van der Waals surface area contributed by atoms with Gasteiger partial charge in [0.1, 0.15) is 5.69 Å². The van der Waals surface area contributed by atoms with Crippen LogP contribution in [0.3, 0.4) is 0 Å². The summed E-state index contributed by atoms with van der Waals surface area (Å²) < 4.78 is 3.24. The Morgan fingerprint density at radius 3 is 2.20 bits per heavy atom. The number of hydrogen-bond acceptors (Lipinski definition) is 2. The molecule has 0 amide bonds. The molecule has 0 saturated heterocycles. The summed E-state index contributed by atoms with van der Waals surface area (Å²) in [4.78, 5) is 0. The summed E-state index contributed by atoms with van der Waals surface area (Å²) in [7, 11) is 1.78. The Morgan fingerprint density at radius 1 is 1.13 bits per heavy atom. The van der Waals surface area contributed by atoms with Crippen LogP contribution in [0, 0.1) is 6.92 Å². The largest absolute Gasteiger partial charge is 0.499 e. The fourth-order valence-electron chi connectivity index (χ4n) is 1.57. The standard InChI is InChI=1S/C11H12N2O2/c1-8-10(14)11(15)13(12(8)2)9-6-4-3-5-7-9/h3-7,14H,1-2H3/p+1. The van der Waals surface area contributed by atoms with Gasteiger partial charge in [0, 0.05) is 6.92 Å². The Kier molecular flexibility index (Phi) is 2.11. The van der Waals surface area contributed by atoms with Gasteiger partial charge in [-0.1, -0.05) is 22.9 Å². The molecular weight excluding hydrogens is 192 g/mol. The van der Waals surface area contributed by atoms with Gasteiger partial charge in [0.25, 0.3) is 17.3 Å². The van der Waals surface area contributed by atoms with Crippen molar-refractivity contribution in [2.45, 2.75) is 6.92 Å². The van der Waals surface area contributed by atoms with Gasteiger partial charge in [-0.25, -0.2) is 0 Å². The molecular formula is C11H13N2O2+. The summed E-state index contributed by atoms with van der Waals surface area (Å²) in [6.45, 7) is 1.74. The second-order valence-electron chi connectivity index (χ2n) is 3.43. The van der Waals surface area contributed by atoms with Crippen LogP contribution in [0.2, 0.25) is 0 Å². The zero-order chi connectivity index (χ0) is 11.0. The highest BCUT2D eigenvalue weighted by Crippen LogP contribution is 2.28. The second-order valence-corrected chi connectivity index (χ2v) is 3.43. The maximum atomic E-state index is 9.74. The topological polar surface area (TPSA) is 49.3 Å². The van der Waals surface area contributed by atoms with E-state index in [4.69, 9.17) is 0 Å². The molecule has 0 atom stereocenters. The molecule has 1 aromatic heterocycles. The Balaban J connectivity index is 2.69. The van der Waals surface area contributed by atoms with Crippen molar-refractivity contribution < 1.29 is 14.9 Å². The van der Waals surface area contributed by atoms with E-state index < -0.39 is 0 Å². The molecule has 2 aromatic rings. The van der Waals surface area contributed by atoms with Gasteiger partial charge < -0.3 is 10.2 Å². The molecule has 15 heavy (non-hydrogen) atoms. The lowest BCUT2D eigenvalue weighted by molar-refractivity contribution is -0.749. The number of aromatic nitrogens is 2. The van der Waals surface area contributed by atoms with Crippen molar-refractivity contribution >= 4 is 0 Å². The molecule has 1 heterocycles. The van der Waals surface area contributed by atoms with Crippen LogP contribution in [-0.2, 0) is 7.05 Å².